The van der Waals surface area contributed by atoms with Crippen molar-refractivity contribution in [2.45, 2.75) is 31.7 Å². The van der Waals surface area contributed by atoms with E-state index < -0.39 is 0 Å². The molecule has 0 unspecified atom stereocenters. The van der Waals surface area contributed by atoms with E-state index in [0.717, 1.165) is 34.1 Å². The van der Waals surface area contributed by atoms with E-state index in [2.05, 4.69) is 56.2 Å². The molecule has 2 N–H and O–H groups in total. The Morgan fingerprint density at radius 3 is 2.63 bits per heavy atom. The molecule has 2 aromatic heterocycles. The van der Waals surface area contributed by atoms with Crippen LogP contribution in [0.1, 0.15) is 25.7 Å². The Morgan fingerprint density at radius 2 is 1.89 bits per heavy atom. The van der Waals surface area contributed by atoms with Gasteiger partial charge in [-0.05, 0) is 61.9 Å². The number of pyridine rings is 1. The third kappa shape index (κ3) is 3.47. The van der Waals surface area contributed by atoms with Crippen molar-refractivity contribution in [2.75, 3.05) is 18.4 Å². The third-order valence-corrected chi connectivity index (χ3v) is 5.93. The van der Waals surface area contributed by atoms with E-state index in [1.54, 1.807) is 0 Å². The van der Waals surface area contributed by atoms with Crippen LogP contribution in [-0.4, -0.2) is 39.2 Å². The zero-order valence-electron chi connectivity index (χ0n) is 15.5. The van der Waals surface area contributed by atoms with Gasteiger partial charge >= 0.3 is 0 Å². The first kappa shape index (κ1) is 16.5. The summed E-state index contributed by atoms with van der Waals surface area (Å²) in [5.74, 6) is 1.41. The summed E-state index contributed by atoms with van der Waals surface area (Å²) < 4.78 is 0. The summed E-state index contributed by atoms with van der Waals surface area (Å²) in [7, 11) is 0. The Balaban J connectivity index is 1.30. The molecule has 3 heterocycles. The lowest BCUT2D eigenvalue weighted by Crippen LogP contribution is -2.36. The number of rotatable bonds is 5. The van der Waals surface area contributed by atoms with E-state index in [4.69, 9.17) is 0 Å². The Morgan fingerprint density at radius 1 is 1.04 bits per heavy atom. The molecule has 0 atom stereocenters. The van der Waals surface area contributed by atoms with E-state index in [9.17, 15) is 0 Å². The average molecular weight is 359 g/mol. The average Bonchev–Trinajstić information content (AvgIpc) is 3.41. The predicted molar refractivity (Wildman–Crippen MR) is 109 cm³/mol. The summed E-state index contributed by atoms with van der Waals surface area (Å²) in [6, 6.07) is 9.39. The highest BCUT2D eigenvalue weighted by molar-refractivity contribution is 5.88. The van der Waals surface area contributed by atoms with Gasteiger partial charge < -0.3 is 10.2 Å². The van der Waals surface area contributed by atoms with E-state index in [1.165, 1.54) is 44.2 Å². The van der Waals surface area contributed by atoms with Crippen LogP contribution in [0, 0.1) is 5.92 Å². The zero-order valence-corrected chi connectivity index (χ0v) is 15.5. The van der Waals surface area contributed by atoms with Gasteiger partial charge in [0.1, 0.15) is 5.82 Å². The number of anilines is 1. The second-order valence-electron chi connectivity index (χ2n) is 7.81. The van der Waals surface area contributed by atoms with Crippen LogP contribution in [0.25, 0.3) is 21.9 Å². The van der Waals surface area contributed by atoms with Gasteiger partial charge in [-0.15, -0.1) is 0 Å². The zero-order chi connectivity index (χ0) is 18.2. The molecule has 138 valence electrons. The van der Waals surface area contributed by atoms with Crippen molar-refractivity contribution in [1.82, 2.24) is 20.1 Å². The first-order valence-electron chi connectivity index (χ1n) is 9.85. The van der Waals surface area contributed by atoms with Crippen LogP contribution < -0.4 is 5.32 Å². The second kappa shape index (κ2) is 6.82. The largest absolute Gasteiger partial charge is 0.344 e. The molecule has 5 nitrogen and oxygen atoms in total. The van der Waals surface area contributed by atoms with Crippen molar-refractivity contribution in [2.24, 2.45) is 5.92 Å². The van der Waals surface area contributed by atoms with Gasteiger partial charge in [0.25, 0.3) is 0 Å². The van der Waals surface area contributed by atoms with Crippen molar-refractivity contribution in [3.63, 3.8) is 0 Å². The van der Waals surface area contributed by atoms with E-state index >= 15 is 0 Å². The predicted octanol–water partition coefficient (Wildman–Crippen LogP) is 4.42. The number of piperidine rings is 1. The molecule has 5 heteroatoms. The summed E-state index contributed by atoms with van der Waals surface area (Å²) in [4.78, 5) is 7.23. The van der Waals surface area contributed by atoms with Crippen LogP contribution in [-0.2, 0) is 0 Å². The smallest absolute Gasteiger partial charge is 0.130 e. The van der Waals surface area contributed by atoms with Crippen LogP contribution in [0.2, 0.25) is 0 Å². The third-order valence-electron chi connectivity index (χ3n) is 5.93. The maximum atomic E-state index is 4.59. The van der Waals surface area contributed by atoms with Gasteiger partial charge in [-0.3, -0.25) is 5.10 Å². The fourth-order valence-electron chi connectivity index (χ4n) is 4.12. The first-order chi connectivity index (χ1) is 13.3. The molecule has 0 spiro atoms. The summed E-state index contributed by atoms with van der Waals surface area (Å²) in [6.07, 6.45) is 10.9. The number of nitrogens with one attached hydrogen (secondary N) is 2. The minimum atomic E-state index is 0.537. The molecule has 0 bridgehead atoms. The Bertz CT molecular complexity index is 950. The van der Waals surface area contributed by atoms with Crippen LogP contribution in [0.4, 0.5) is 5.82 Å². The molecule has 3 aromatic rings. The second-order valence-corrected chi connectivity index (χ2v) is 7.81. The molecule has 1 aliphatic heterocycles. The maximum absolute atomic E-state index is 4.59. The summed E-state index contributed by atoms with van der Waals surface area (Å²) in [5.41, 5.74) is 3.35. The van der Waals surface area contributed by atoms with Crippen molar-refractivity contribution in [3.8, 4) is 11.1 Å². The number of fused-ring (bicyclic) bond motifs is 1. The molecule has 1 saturated heterocycles. The number of nitrogens with zero attached hydrogens (tertiary/aromatic N) is 3. The SMILES string of the molecule is C=C(Nc1cc2cc(-c3cn[nH]c3)ccc2cn1)C1CCN(C2CC2)CC1. The molecular weight excluding hydrogens is 334 g/mol. The fraction of sp³-hybridized carbons (Fsp3) is 0.364. The quantitative estimate of drug-likeness (QED) is 0.708. The first-order valence-corrected chi connectivity index (χ1v) is 9.85. The number of likely N-dealkylation sites (tertiary alicyclic amines) is 1. The molecule has 0 amide bonds. The van der Waals surface area contributed by atoms with Gasteiger partial charge in [-0.25, -0.2) is 4.98 Å². The van der Waals surface area contributed by atoms with E-state index in [1.807, 2.05) is 18.6 Å². The normalized spacial score (nSPS) is 18.7. The van der Waals surface area contributed by atoms with Gasteiger partial charge in [-0.1, -0.05) is 18.7 Å². The Hall–Kier alpha value is -2.66. The summed E-state index contributed by atoms with van der Waals surface area (Å²) >= 11 is 0. The van der Waals surface area contributed by atoms with E-state index in [0.29, 0.717) is 5.92 Å². The molecule has 1 aromatic carbocycles. The lowest BCUT2D eigenvalue weighted by Gasteiger charge is -2.33. The topological polar surface area (TPSA) is 56.8 Å². The molecule has 5 rings (SSSR count). The van der Waals surface area contributed by atoms with Crippen LogP contribution in [0.15, 0.2) is 55.1 Å². The highest BCUT2D eigenvalue weighted by atomic mass is 15.2. The van der Waals surface area contributed by atoms with Crippen molar-refractivity contribution >= 4 is 16.6 Å². The maximum Gasteiger partial charge on any atom is 0.130 e. The van der Waals surface area contributed by atoms with Crippen molar-refractivity contribution in [1.29, 1.82) is 0 Å². The molecule has 2 aliphatic rings. The Labute approximate surface area is 159 Å². The van der Waals surface area contributed by atoms with Gasteiger partial charge in [0.05, 0.1) is 6.20 Å². The number of aromatic amines is 1. The minimum absolute atomic E-state index is 0.537. The Kier molecular flexibility index (Phi) is 4.17. The van der Waals surface area contributed by atoms with Gasteiger partial charge in [0.2, 0.25) is 0 Å². The molecule has 1 aliphatic carbocycles. The number of benzene rings is 1. The molecule has 1 saturated carbocycles. The number of allylic oxidation sites excluding steroid dienone is 1. The van der Waals surface area contributed by atoms with Gasteiger partial charge in [0.15, 0.2) is 0 Å². The molecule has 0 radical (unpaired) electrons. The van der Waals surface area contributed by atoms with Crippen LogP contribution in [0.3, 0.4) is 0 Å². The standard InChI is InChI=1S/C22H25N5/c1-15(16-6-8-27(9-7-16)21-4-5-21)26-22-11-19-10-17(20-13-24-25-14-20)2-3-18(19)12-23-22/h2-3,10-14,16,21H,1,4-9H2,(H,23,26)(H,24,25). The highest BCUT2D eigenvalue weighted by Gasteiger charge is 2.32. The highest BCUT2D eigenvalue weighted by Crippen LogP contribution is 2.33. The number of hydrogen-bond donors (Lipinski definition) is 2. The monoisotopic (exact) mass is 359 g/mol. The number of hydrogen-bond acceptors (Lipinski definition) is 4. The molecular formula is C22H25N5. The van der Waals surface area contributed by atoms with Gasteiger partial charge in [-0.2, -0.15) is 5.10 Å². The molecule has 27 heavy (non-hydrogen) atoms. The molecule has 2 fully saturated rings. The lowest BCUT2D eigenvalue weighted by molar-refractivity contribution is 0.191. The minimum Gasteiger partial charge on any atom is -0.344 e. The van der Waals surface area contributed by atoms with Crippen LogP contribution in [0.5, 0.6) is 0 Å². The summed E-state index contributed by atoms with van der Waals surface area (Å²) in [6.45, 7) is 6.72. The lowest BCUT2D eigenvalue weighted by atomic mass is 9.94. The summed E-state index contributed by atoms with van der Waals surface area (Å²) in [5, 5.41) is 12.7. The van der Waals surface area contributed by atoms with Crippen molar-refractivity contribution in [3.05, 3.63) is 55.1 Å². The van der Waals surface area contributed by atoms with E-state index in [-0.39, 0.29) is 0 Å². The van der Waals surface area contributed by atoms with Gasteiger partial charge in [0, 0.05) is 41.0 Å². The number of H-pyrrole nitrogens is 1. The number of aromatic nitrogens is 3. The fourth-order valence-corrected chi connectivity index (χ4v) is 4.12. The van der Waals surface area contributed by atoms with Crippen molar-refractivity contribution < 1.29 is 0 Å². The van der Waals surface area contributed by atoms with Crippen LogP contribution >= 0.6 is 0 Å².